The Labute approximate surface area is 199 Å². The lowest BCUT2D eigenvalue weighted by Crippen LogP contribution is -2.34. The molecule has 9 heteroatoms. The number of hydrogen-bond acceptors (Lipinski definition) is 6. The fourth-order valence-corrected chi connectivity index (χ4v) is 5.81. The number of para-hydroxylation sites is 1. The molecular formula is C25H24F2N4O2S. The lowest BCUT2D eigenvalue weighted by Gasteiger charge is -2.34. The highest BCUT2D eigenvalue weighted by atomic mass is 32.1. The molecule has 1 unspecified atom stereocenters. The second-order valence-corrected chi connectivity index (χ2v) is 10.2. The van der Waals surface area contributed by atoms with Crippen molar-refractivity contribution in [2.45, 2.75) is 39.0 Å². The van der Waals surface area contributed by atoms with Crippen molar-refractivity contribution in [1.82, 2.24) is 20.1 Å². The minimum absolute atomic E-state index is 0.00152. The molecule has 6 rings (SSSR count). The summed E-state index contributed by atoms with van der Waals surface area (Å²) in [5, 5.41) is 7.94. The molecule has 0 saturated carbocycles. The molecule has 0 aliphatic carbocycles. The predicted molar refractivity (Wildman–Crippen MR) is 127 cm³/mol. The van der Waals surface area contributed by atoms with Crippen molar-refractivity contribution in [2.75, 3.05) is 13.1 Å². The third-order valence-corrected chi connectivity index (χ3v) is 8.10. The maximum absolute atomic E-state index is 13.7. The van der Waals surface area contributed by atoms with Crippen molar-refractivity contribution in [2.24, 2.45) is 5.92 Å². The number of benzene rings is 1. The van der Waals surface area contributed by atoms with Crippen molar-refractivity contribution in [3.63, 3.8) is 0 Å². The number of hydrogen-bond donors (Lipinski definition) is 1. The van der Waals surface area contributed by atoms with Crippen LogP contribution in [-0.4, -0.2) is 39.5 Å². The summed E-state index contributed by atoms with van der Waals surface area (Å²) < 4.78 is 36.8. The van der Waals surface area contributed by atoms with E-state index in [-0.39, 0.29) is 11.5 Å². The number of alkyl halides is 2. The second kappa shape index (κ2) is 8.02. The summed E-state index contributed by atoms with van der Waals surface area (Å²) in [7, 11) is 0. The third kappa shape index (κ3) is 3.73. The van der Waals surface area contributed by atoms with Gasteiger partial charge in [0.25, 0.3) is 0 Å². The van der Waals surface area contributed by atoms with E-state index in [0.717, 1.165) is 34.8 Å². The van der Waals surface area contributed by atoms with Crippen LogP contribution in [0, 0.1) is 5.92 Å². The van der Waals surface area contributed by atoms with Crippen molar-refractivity contribution in [3.8, 4) is 33.2 Å². The topological polar surface area (TPSA) is 63.3 Å². The molecule has 0 spiro atoms. The maximum atomic E-state index is 13.7. The Morgan fingerprint density at radius 1 is 1.18 bits per heavy atom. The van der Waals surface area contributed by atoms with Gasteiger partial charge < -0.3 is 9.47 Å². The standard InChI is InChI=1S/C25H24F2N4O2S/c1-14-8-10-31(11-9-14)15(2)20-6-7-21(34-20)16-12-18-22(29-30-24(18)28-13-16)17-4-3-5-19-23(17)33-25(26,27)32-19/h3-7,12-15H,8-11H2,1-2H3,(H,28,29,30). The molecule has 176 valence electrons. The predicted octanol–water partition coefficient (Wildman–Crippen LogP) is 6.47. The van der Waals surface area contributed by atoms with Crippen LogP contribution in [0.3, 0.4) is 0 Å². The average Bonchev–Trinajstić information content (AvgIpc) is 3.54. The number of aromatic amines is 1. The van der Waals surface area contributed by atoms with Gasteiger partial charge in [-0.05, 0) is 69.1 Å². The molecule has 0 radical (unpaired) electrons. The first-order valence-corrected chi connectivity index (χ1v) is 12.3. The number of H-pyrrole nitrogens is 1. The fourth-order valence-electron chi connectivity index (χ4n) is 4.73. The van der Waals surface area contributed by atoms with E-state index in [4.69, 9.17) is 4.74 Å². The summed E-state index contributed by atoms with van der Waals surface area (Å²) in [5.41, 5.74) is 2.49. The van der Waals surface area contributed by atoms with Crippen LogP contribution in [0.1, 0.15) is 37.6 Å². The number of halogens is 2. The molecule has 1 atom stereocenters. The van der Waals surface area contributed by atoms with Crippen LogP contribution in [-0.2, 0) is 0 Å². The average molecular weight is 483 g/mol. The van der Waals surface area contributed by atoms with Crippen LogP contribution in [0.4, 0.5) is 8.78 Å². The molecule has 1 aromatic carbocycles. The fraction of sp³-hybridized carbons (Fsp3) is 0.360. The van der Waals surface area contributed by atoms with Crippen molar-refractivity contribution < 1.29 is 18.3 Å². The Kier molecular flexibility index (Phi) is 5.07. The Morgan fingerprint density at radius 3 is 2.82 bits per heavy atom. The first-order valence-electron chi connectivity index (χ1n) is 11.5. The summed E-state index contributed by atoms with van der Waals surface area (Å²) in [6.45, 7) is 6.86. The number of ether oxygens (including phenoxy) is 2. The van der Waals surface area contributed by atoms with Crippen LogP contribution in [0.15, 0.2) is 42.6 Å². The summed E-state index contributed by atoms with van der Waals surface area (Å²) in [4.78, 5) is 9.50. The molecular weight excluding hydrogens is 458 g/mol. The van der Waals surface area contributed by atoms with Gasteiger partial charge in [0.15, 0.2) is 17.1 Å². The third-order valence-electron chi connectivity index (χ3n) is 6.80. The highest BCUT2D eigenvalue weighted by Crippen LogP contribution is 2.48. The molecule has 34 heavy (non-hydrogen) atoms. The number of likely N-dealkylation sites (tertiary alicyclic amines) is 1. The zero-order valence-corrected chi connectivity index (χ0v) is 19.7. The summed E-state index contributed by atoms with van der Waals surface area (Å²) in [5.74, 6) is 0.795. The van der Waals surface area contributed by atoms with Crippen LogP contribution >= 0.6 is 11.3 Å². The molecule has 4 aromatic rings. The van der Waals surface area contributed by atoms with Gasteiger partial charge in [-0.2, -0.15) is 5.10 Å². The van der Waals surface area contributed by atoms with E-state index >= 15 is 0 Å². The molecule has 1 N–H and O–H groups in total. The first-order chi connectivity index (χ1) is 16.4. The number of fused-ring (bicyclic) bond motifs is 2. The normalized spacial score (nSPS) is 19.1. The first kappa shape index (κ1) is 21.5. The van der Waals surface area contributed by atoms with Gasteiger partial charge in [-0.1, -0.05) is 13.0 Å². The van der Waals surface area contributed by atoms with E-state index < -0.39 is 6.29 Å². The highest BCUT2D eigenvalue weighted by molar-refractivity contribution is 7.15. The highest BCUT2D eigenvalue weighted by Gasteiger charge is 2.44. The lowest BCUT2D eigenvalue weighted by atomic mass is 9.98. The lowest BCUT2D eigenvalue weighted by molar-refractivity contribution is -0.286. The van der Waals surface area contributed by atoms with Gasteiger partial charge in [-0.25, -0.2) is 4.98 Å². The minimum Gasteiger partial charge on any atom is -0.395 e. The van der Waals surface area contributed by atoms with Gasteiger partial charge >= 0.3 is 6.29 Å². The molecule has 0 bridgehead atoms. The summed E-state index contributed by atoms with van der Waals surface area (Å²) in [6.07, 6.45) is 0.611. The number of pyridine rings is 1. The Bertz CT molecular complexity index is 1360. The number of rotatable bonds is 4. The molecule has 0 amide bonds. The van der Waals surface area contributed by atoms with Crippen molar-refractivity contribution in [1.29, 1.82) is 0 Å². The van der Waals surface area contributed by atoms with Crippen LogP contribution in [0.5, 0.6) is 11.5 Å². The van der Waals surface area contributed by atoms with Crippen molar-refractivity contribution in [3.05, 3.63) is 47.5 Å². The number of nitrogens with zero attached hydrogens (tertiary/aromatic N) is 3. The van der Waals surface area contributed by atoms with Gasteiger partial charge in [0.2, 0.25) is 0 Å². The van der Waals surface area contributed by atoms with Gasteiger partial charge in [-0.3, -0.25) is 10.00 Å². The quantitative estimate of drug-likeness (QED) is 0.361. The summed E-state index contributed by atoms with van der Waals surface area (Å²) in [6, 6.07) is 11.5. The van der Waals surface area contributed by atoms with Gasteiger partial charge in [0.1, 0.15) is 0 Å². The number of thiophene rings is 1. The molecule has 1 fully saturated rings. The molecule has 1 saturated heterocycles. The molecule has 2 aliphatic rings. The zero-order valence-electron chi connectivity index (χ0n) is 18.8. The van der Waals surface area contributed by atoms with Gasteiger partial charge in [0, 0.05) is 38.5 Å². The zero-order chi connectivity index (χ0) is 23.4. The largest absolute Gasteiger partial charge is 0.586 e. The van der Waals surface area contributed by atoms with Crippen LogP contribution in [0.2, 0.25) is 0 Å². The van der Waals surface area contributed by atoms with Crippen molar-refractivity contribution >= 4 is 22.4 Å². The Balaban J connectivity index is 1.33. The molecule has 3 aromatic heterocycles. The van der Waals surface area contributed by atoms with E-state index in [1.807, 2.05) is 6.07 Å². The van der Waals surface area contributed by atoms with Gasteiger partial charge in [-0.15, -0.1) is 20.1 Å². The monoisotopic (exact) mass is 482 g/mol. The van der Waals surface area contributed by atoms with E-state index in [2.05, 4.69) is 50.8 Å². The Morgan fingerprint density at radius 2 is 2.00 bits per heavy atom. The molecule has 2 aliphatic heterocycles. The molecule has 6 nitrogen and oxygen atoms in total. The van der Waals surface area contributed by atoms with E-state index in [9.17, 15) is 8.78 Å². The van der Waals surface area contributed by atoms with E-state index in [1.54, 1.807) is 29.7 Å². The SMILES string of the molecule is CC1CCN(C(C)c2ccc(-c3cnc4n[nH]c(-c5cccc6c5OC(F)(F)O6)c4c3)s2)CC1. The van der Waals surface area contributed by atoms with E-state index in [1.165, 1.54) is 23.8 Å². The van der Waals surface area contributed by atoms with E-state index in [0.29, 0.717) is 22.9 Å². The summed E-state index contributed by atoms with van der Waals surface area (Å²) >= 11 is 1.77. The Hall–Kier alpha value is -3.04. The number of aromatic nitrogens is 3. The maximum Gasteiger partial charge on any atom is 0.586 e. The molecule has 5 heterocycles. The number of nitrogens with one attached hydrogen (secondary N) is 1. The number of piperidine rings is 1. The minimum atomic E-state index is -3.69. The van der Waals surface area contributed by atoms with Crippen LogP contribution in [0.25, 0.3) is 32.7 Å². The second-order valence-electron chi connectivity index (χ2n) is 9.09. The van der Waals surface area contributed by atoms with Gasteiger partial charge in [0.05, 0.1) is 5.69 Å². The smallest absolute Gasteiger partial charge is 0.395 e. The van der Waals surface area contributed by atoms with Crippen LogP contribution < -0.4 is 9.47 Å².